The molecular weight excluding hydrogens is 298 g/mol. The molecule has 24 heavy (non-hydrogen) atoms. The van der Waals surface area contributed by atoms with Crippen molar-refractivity contribution in [3.8, 4) is 5.75 Å². The van der Waals surface area contributed by atoms with Gasteiger partial charge in [0.1, 0.15) is 5.75 Å². The number of hydrogen-bond donors (Lipinski definition) is 1. The third kappa shape index (κ3) is 3.13. The van der Waals surface area contributed by atoms with Crippen molar-refractivity contribution in [1.29, 1.82) is 0 Å². The molecular formula is C21H25NO2. The molecule has 3 aliphatic rings. The molecule has 0 saturated carbocycles. The molecule has 0 spiro atoms. The van der Waals surface area contributed by atoms with Crippen LogP contribution in [0.15, 0.2) is 52.8 Å². The summed E-state index contributed by atoms with van der Waals surface area (Å²) in [5, 5.41) is 9.50. The fourth-order valence-electron chi connectivity index (χ4n) is 4.04. The smallest absolute Gasteiger partial charge is 0.115 e. The fourth-order valence-corrected chi connectivity index (χ4v) is 4.04. The van der Waals surface area contributed by atoms with Crippen molar-refractivity contribution < 1.29 is 9.84 Å². The largest absolute Gasteiger partial charge is 0.508 e. The van der Waals surface area contributed by atoms with E-state index >= 15 is 0 Å². The average Bonchev–Trinajstić information content (AvgIpc) is 3.27. The monoisotopic (exact) mass is 323 g/mol. The van der Waals surface area contributed by atoms with Crippen molar-refractivity contribution in [3.05, 3.63) is 58.3 Å². The number of morpholine rings is 1. The van der Waals surface area contributed by atoms with Gasteiger partial charge in [-0.3, -0.25) is 0 Å². The number of hydrogen-bond acceptors (Lipinski definition) is 3. The third-order valence-electron chi connectivity index (χ3n) is 5.22. The number of nitrogens with zero attached hydrogens (tertiary/aromatic N) is 1. The zero-order chi connectivity index (χ0) is 16.4. The van der Waals surface area contributed by atoms with Crippen LogP contribution in [-0.4, -0.2) is 36.3 Å². The van der Waals surface area contributed by atoms with Crippen LogP contribution >= 0.6 is 0 Å². The summed E-state index contributed by atoms with van der Waals surface area (Å²) in [6.07, 6.45) is 10.8. The first-order valence-corrected chi connectivity index (χ1v) is 9.06. The Morgan fingerprint density at radius 2 is 1.79 bits per heavy atom. The molecule has 1 saturated heterocycles. The predicted octanol–water partition coefficient (Wildman–Crippen LogP) is 4.27. The normalized spacial score (nSPS) is 23.2. The minimum Gasteiger partial charge on any atom is -0.508 e. The van der Waals surface area contributed by atoms with Crippen molar-refractivity contribution in [2.75, 3.05) is 26.3 Å². The van der Waals surface area contributed by atoms with E-state index < -0.39 is 0 Å². The Morgan fingerprint density at radius 3 is 2.50 bits per heavy atom. The van der Waals surface area contributed by atoms with E-state index in [-0.39, 0.29) is 0 Å². The van der Waals surface area contributed by atoms with E-state index in [9.17, 15) is 5.11 Å². The van der Waals surface area contributed by atoms with Gasteiger partial charge < -0.3 is 14.7 Å². The summed E-state index contributed by atoms with van der Waals surface area (Å²) in [6.45, 7) is 3.61. The topological polar surface area (TPSA) is 32.7 Å². The van der Waals surface area contributed by atoms with Crippen molar-refractivity contribution >= 4 is 6.08 Å². The molecule has 1 N–H and O–H groups in total. The quantitative estimate of drug-likeness (QED) is 0.902. The summed E-state index contributed by atoms with van der Waals surface area (Å²) in [5.41, 5.74) is 7.20. The Kier molecular flexibility index (Phi) is 4.44. The number of benzene rings is 1. The van der Waals surface area contributed by atoms with Gasteiger partial charge in [-0.05, 0) is 72.6 Å². The lowest BCUT2D eigenvalue weighted by Crippen LogP contribution is -2.36. The van der Waals surface area contributed by atoms with Crippen LogP contribution in [0, 0.1) is 0 Å². The van der Waals surface area contributed by atoms with E-state index in [4.69, 9.17) is 4.74 Å². The lowest BCUT2D eigenvalue weighted by Gasteiger charge is -2.32. The van der Waals surface area contributed by atoms with Crippen LogP contribution in [0.4, 0.5) is 0 Å². The summed E-state index contributed by atoms with van der Waals surface area (Å²) in [6, 6.07) is 7.51. The molecule has 4 rings (SSSR count). The number of phenolic OH excluding ortho intramolecular Hbond substituents is 1. The SMILES string of the molecule is Oc1ccc(/C=C2\CCC(C3=CCCC3)=C2N2CCOCC2)cc1. The third-order valence-corrected chi connectivity index (χ3v) is 5.22. The molecule has 126 valence electrons. The number of phenols is 1. The highest BCUT2D eigenvalue weighted by molar-refractivity contribution is 5.63. The highest BCUT2D eigenvalue weighted by Gasteiger charge is 2.28. The standard InChI is InChI=1S/C21H25NO2/c23-19-8-5-16(6-9-19)15-18-7-10-20(17-3-1-2-4-17)21(18)22-11-13-24-14-12-22/h3,5-6,8-9,15,23H,1-2,4,7,10-14H2/b18-15+. The van der Waals surface area contributed by atoms with Crippen LogP contribution in [0.2, 0.25) is 0 Å². The summed E-state index contributed by atoms with van der Waals surface area (Å²) in [7, 11) is 0. The molecule has 0 unspecified atom stereocenters. The van der Waals surface area contributed by atoms with Crippen molar-refractivity contribution in [1.82, 2.24) is 4.90 Å². The minimum absolute atomic E-state index is 0.323. The second-order valence-corrected chi connectivity index (χ2v) is 6.81. The molecule has 1 aromatic carbocycles. The second-order valence-electron chi connectivity index (χ2n) is 6.81. The maximum absolute atomic E-state index is 9.50. The zero-order valence-electron chi connectivity index (χ0n) is 14.1. The Bertz CT molecular complexity index is 691. The Morgan fingerprint density at radius 1 is 1.00 bits per heavy atom. The van der Waals surface area contributed by atoms with E-state index in [1.807, 2.05) is 12.1 Å². The minimum atomic E-state index is 0.323. The van der Waals surface area contributed by atoms with Crippen LogP contribution in [-0.2, 0) is 4.74 Å². The van der Waals surface area contributed by atoms with Gasteiger partial charge in [-0.1, -0.05) is 18.2 Å². The van der Waals surface area contributed by atoms with E-state index in [1.54, 1.807) is 23.3 Å². The van der Waals surface area contributed by atoms with E-state index in [0.29, 0.717) is 5.75 Å². The Labute approximate surface area is 143 Å². The molecule has 1 aliphatic heterocycles. The highest BCUT2D eigenvalue weighted by Crippen LogP contribution is 2.41. The number of allylic oxidation sites excluding steroid dienone is 4. The van der Waals surface area contributed by atoms with Gasteiger partial charge in [-0.15, -0.1) is 0 Å². The number of aromatic hydroxyl groups is 1. The van der Waals surface area contributed by atoms with Crippen LogP contribution < -0.4 is 0 Å². The highest BCUT2D eigenvalue weighted by atomic mass is 16.5. The molecule has 0 aromatic heterocycles. The Balaban J connectivity index is 1.71. The van der Waals surface area contributed by atoms with Gasteiger partial charge in [0.15, 0.2) is 0 Å². The van der Waals surface area contributed by atoms with Crippen LogP contribution in [0.3, 0.4) is 0 Å². The van der Waals surface area contributed by atoms with Crippen molar-refractivity contribution in [2.24, 2.45) is 0 Å². The molecule has 0 atom stereocenters. The second kappa shape index (κ2) is 6.86. The molecule has 3 heteroatoms. The Hall–Kier alpha value is -2.00. The first-order chi connectivity index (χ1) is 11.8. The van der Waals surface area contributed by atoms with Crippen LogP contribution in [0.5, 0.6) is 5.75 Å². The lowest BCUT2D eigenvalue weighted by atomic mass is 10.0. The average molecular weight is 323 g/mol. The first-order valence-electron chi connectivity index (χ1n) is 9.06. The van der Waals surface area contributed by atoms with Crippen LogP contribution in [0.1, 0.15) is 37.7 Å². The molecule has 3 nitrogen and oxygen atoms in total. The fraction of sp³-hybridized carbons (Fsp3) is 0.429. The molecule has 1 aromatic rings. The summed E-state index contributed by atoms with van der Waals surface area (Å²) in [5.74, 6) is 0.323. The summed E-state index contributed by atoms with van der Waals surface area (Å²) >= 11 is 0. The van der Waals surface area contributed by atoms with Crippen LogP contribution in [0.25, 0.3) is 6.08 Å². The summed E-state index contributed by atoms with van der Waals surface area (Å²) < 4.78 is 5.56. The van der Waals surface area contributed by atoms with Gasteiger partial charge in [0.25, 0.3) is 0 Å². The van der Waals surface area contributed by atoms with E-state index in [1.165, 1.54) is 30.5 Å². The molecule has 1 fully saturated rings. The van der Waals surface area contributed by atoms with Gasteiger partial charge >= 0.3 is 0 Å². The maximum Gasteiger partial charge on any atom is 0.115 e. The van der Waals surface area contributed by atoms with Gasteiger partial charge in [-0.25, -0.2) is 0 Å². The number of ether oxygens (including phenoxy) is 1. The molecule has 1 heterocycles. The van der Waals surface area contributed by atoms with Gasteiger partial charge in [0.05, 0.1) is 13.2 Å². The van der Waals surface area contributed by atoms with E-state index in [2.05, 4.69) is 17.1 Å². The molecule has 0 amide bonds. The maximum atomic E-state index is 9.50. The van der Waals surface area contributed by atoms with Crippen molar-refractivity contribution in [2.45, 2.75) is 32.1 Å². The first kappa shape index (κ1) is 15.5. The van der Waals surface area contributed by atoms with Crippen molar-refractivity contribution in [3.63, 3.8) is 0 Å². The van der Waals surface area contributed by atoms with Gasteiger partial charge in [-0.2, -0.15) is 0 Å². The predicted molar refractivity (Wildman–Crippen MR) is 96.7 cm³/mol. The molecule has 0 radical (unpaired) electrons. The van der Waals surface area contributed by atoms with Gasteiger partial charge in [0.2, 0.25) is 0 Å². The van der Waals surface area contributed by atoms with Gasteiger partial charge in [0, 0.05) is 18.8 Å². The van der Waals surface area contributed by atoms with E-state index in [0.717, 1.165) is 44.7 Å². The lowest BCUT2D eigenvalue weighted by molar-refractivity contribution is 0.0547. The number of rotatable bonds is 3. The summed E-state index contributed by atoms with van der Waals surface area (Å²) in [4.78, 5) is 2.53. The molecule has 0 bridgehead atoms. The molecule has 2 aliphatic carbocycles. The zero-order valence-corrected chi connectivity index (χ0v) is 14.1.